The van der Waals surface area contributed by atoms with E-state index in [0.29, 0.717) is 0 Å². The topological polar surface area (TPSA) is 39.1 Å². The van der Waals surface area contributed by atoms with Crippen LogP contribution in [0.5, 0.6) is 0 Å². The SMILES string of the molecule is CC(=O)C(C)(C(C)=O)n1c2ccccc2c2ccccc21. The van der Waals surface area contributed by atoms with Crippen molar-refractivity contribution in [3.63, 3.8) is 0 Å². The number of benzene rings is 2. The predicted molar refractivity (Wildman–Crippen MR) is 84.5 cm³/mol. The quantitative estimate of drug-likeness (QED) is 0.686. The molecule has 3 nitrogen and oxygen atoms in total. The van der Waals surface area contributed by atoms with Crippen LogP contribution in [0, 0.1) is 0 Å². The molecule has 0 N–H and O–H groups in total. The van der Waals surface area contributed by atoms with Crippen LogP contribution in [0.3, 0.4) is 0 Å². The second-order valence-corrected chi connectivity index (χ2v) is 5.55. The molecule has 0 saturated carbocycles. The number of carbonyl (C=O) groups is 2. The van der Waals surface area contributed by atoms with E-state index in [4.69, 9.17) is 0 Å². The first kappa shape index (κ1) is 13.6. The molecule has 0 saturated heterocycles. The van der Waals surface area contributed by atoms with Crippen molar-refractivity contribution in [3.8, 4) is 0 Å². The van der Waals surface area contributed by atoms with Crippen LogP contribution in [0.2, 0.25) is 0 Å². The third-order valence-electron chi connectivity index (χ3n) is 4.40. The molecule has 3 heteroatoms. The van der Waals surface area contributed by atoms with Crippen LogP contribution in [0.1, 0.15) is 20.8 Å². The molecule has 3 aromatic rings. The number of hydrogen-bond acceptors (Lipinski definition) is 2. The van der Waals surface area contributed by atoms with Crippen molar-refractivity contribution >= 4 is 33.4 Å². The first-order valence-corrected chi connectivity index (χ1v) is 6.98. The van der Waals surface area contributed by atoms with Gasteiger partial charge in [0.05, 0.1) is 11.0 Å². The summed E-state index contributed by atoms with van der Waals surface area (Å²) < 4.78 is 1.88. The second-order valence-electron chi connectivity index (χ2n) is 5.55. The Labute approximate surface area is 123 Å². The lowest BCUT2D eigenvalue weighted by Gasteiger charge is -2.28. The van der Waals surface area contributed by atoms with Crippen LogP contribution < -0.4 is 0 Å². The third-order valence-corrected chi connectivity index (χ3v) is 4.40. The first-order valence-electron chi connectivity index (χ1n) is 6.98. The van der Waals surface area contributed by atoms with Gasteiger partial charge in [-0.15, -0.1) is 0 Å². The van der Waals surface area contributed by atoms with E-state index >= 15 is 0 Å². The fourth-order valence-electron chi connectivity index (χ4n) is 2.97. The smallest absolute Gasteiger partial charge is 0.162 e. The van der Waals surface area contributed by atoms with Gasteiger partial charge in [-0.25, -0.2) is 0 Å². The Balaban J connectivity index is 2.56. The van der Waals surface area contributed by atoms with Gasteiger partial charge in [0.25, 0.3) is 0 Å². The van der Waals surface area contributed by atoms with Gasteiger partial charge in [-0.1, -0.05) is 36.4 Å². The van der Waals surface area contributed by atoms with Gasteiger partial charge < -0.3 is 4.57 Å². The summed E-state index contributed by atoms with van der Waals surface area (Å²) >= 11 is 0. The molecule has 0 aliphatic rings. The van der Waals surface area contributed by atoms with E-state index in [1.54, 1.807) is 6.92 Å². The van der Waals surface area contributed by atoms with E-state index in [1.165, 1.54) is 13.8 Å². The van der Waals surface area contributed by atoms with E-state index in [0.717, 1.165) is 21.8 Å². The van der Waals surface area contributed by atoms with E-state index in [9.17, 15) is 9.59 Å². The van der Waals surface area contributed by atoms with Gasteiger partial charge >= 0.3 is 0 Å². The van der Waals surface area contributed by atoms with E-state index in [2.05, 4.69) is 0 Å². The van der Waals surface area contributed by atoms with Gasteiger partial charge in [-0.05, 0) is 32.9 Å². The Morgan fingerprint density at radius 1 is 0.810 bits per heavy atom. The molecule has 0 fully saturated rings. The summed E-state index contributed by atoms with van der Waals surface area (Å²) in [4.78, 5) is 24.5. The molecular weight excluding hydrogens is 262 g/mol. The van der Waals surface area contributed by atoms with Gasteiger partial charge in [-0.2, -0.15) is 0 Å². The molecule has 0 aliphatic heterocycles. The minimum absolute atomic E-state index is 0.151. The van der Waals surface area contributed by atoms with Gasteiger partial charge in [0.15, 0.2) is 17.1 Å². The highest BCUT2D eigenvalue weighted by molar-refractivity contribution is 6.14. The largest absolute Gasteiger partial charge is 0.320 e. The number of fused-ring (bicyclic) bond motifs is 3. The fraction of sp³-hybridized carbons (Fsp3) is 0.222. The Bertz CT molecular complexity index is 806. The summed E-state index contributed by atoms with van der Waals surface area (Å²) in [5.41, 5.74) is 0.640. The van der Waals surface area contributed by atoms with Crippen molar-refractivity contribution in [2.24, 2.45) is 0 Å². The standard InChI is InChI=1S/C18H17NO2/c1-12(20)18(3,13(2)21)19-16-10-6-4-8-14(16)15-9-5-7-11-17(15)19/h4-11H,1-3H3. The molecule has 0 unspecified atom stereocenters. The van der Waals surface area contributed by atoms with Crippen molar-refractivity contribution in [2.75, 3.05) is 0 Å². The number of hydrogen-bond donors (Lipinski definition) is 0. The number of aromatic nitrogens is 1. The summed E-state index contributed by atoms with van der Waals surface area (Å²) in [7, 11) is 0. The number of carbonyl (C=O) groups excluding carboxylic acids is 2. The van der Waals surface area contributed by atoms with Crippen molar-refractivity contribution in [1.29, 1.82) is 0 Å². The van der Waals surface area contributed by atoms with Crippen molar-refractivity contribution in [1.82, 2.24) is 4.57 Å². The zero-order valence-electron chi connectivity index (χ0n) is 12.4. The highest BCUT2D eigenvalue weighted by Crippen LogP contribution is 2.34. The highest BCUT2D eigenvalue weighted by Gasteiger charge is 2.39. The van der Waals surface area contributed by atoms with Gasteiger partial charge in [0.2, 0.25) is 0 Å². The van der Waals surface area contributed by atoms with Crippen LogP contribution in [0.4, 0.5) is 0 Å². The molecule has 0 spiro atoms. The lowest BCUT2D eigenvalue weighted by Crippen LogP contribution is -2.43. The molecule has 0 aliphatic carbocycles. The molecule has 0 bridgehead atoms. The molecule has 3 rings (SSSR count). The number of Topliss-reactive ketones (excluding diaryl/α,β-unsaturated/α-hetero) is 2. The average molecular weight is 279 g/mol. The molecule has 2 aromatic carbocycles. The van der Waals surface area contributed by atoms with Crippen LogP contribution in [-0.4, -0.2) is 16.1 Å². The Kier molecular flexibility index (Phi) is 2.94. The van der Waals surface area contributed by atoms with Gasteiger partial charge in [0, 0.05) is 10.8 Å². The molecule has 1 heterocycles. The van der Waals surface area contributed by atoms with Crippen molar-refractivity contribution < 1.29 is 9.59 Å². The van der Waals surface area contributed by atoms with Crippen LogP contribution in [-0.2, 0) is 15.1 Å². The Hall–Kier alpha value is -2.42. The van der Waals surface area contributed by atoms with Crippen LogP contribution in [0.15, 0.2) is 48.5 Å². The molecule has 106 valence electrons. The molecule has 1 aromatic heterocycles. The fourth-order valence-corrected chi connectivity index (χ4v) is 2.97. The van der Waals surface area contributed by atoms with E-state index in [-0.39, 0.29) is 11.6 Å². The highest BCUT2D eigenvalue weighted by atomic mass is 16.2. The van der Waals surface area contributed by atoms with Crippen molar-refractivity contribution in [3.05, 3.63) is 48.5 Å². The lowest BCUT2D eigenvalue weighted by atomic mass is 9.92. The van der Waals surface area contributed by atoms with E-state index < -0.39 is 5.54 Å². The predicted octanol–water partition coefficient (Wildman–Crippen LogP) is 3.69. The average Bonchev–Trinajstić information content (AvgIpc) is 2.81. The number of rotatable bonds is 3. The van der Waals surface area contributed by atoms with Gasteiger partial charge in [-0.3, -0.25) is 9.59 Å². The van der Waals surface area contributed by atoms with Gasteiger partial charge in [0.1, 0.15) is 0 Å². The minimum Gasteiger partial charge on any atom is -0.320 e. The molecule has 0 amide bonds. The maximum absolute atomic E-state index is 12.3. The number of para-hydroxylation sites is 2. The molecule has 0 atom stereocenters. The third kappa shape index (κ3) is 1.74. The monoisotopic (exact) mass is 279 g/mol. The minimum atomic E-state index is -1.18. The lowest BCUT2D eigenvalue weighted by molar-refractivity contribution is -0.135. The maximum atomic E-state index is 12.3. The van der Waals surface area contributed by atoms with E-state index in [1.807, 2.05) is 53.1 Å². The number of ketones is 2. The zero-order valence-corrected chi connectivity index (χ0v) is 12.4. The molecule has 21 heavy (non-hydrogen) atoms. The zero-order chi connectivity index (χ0) is 15.2. The van der Waals surface area contributed by atoms with Crippen LogP contribution in [0.25, 0.3) is 21.8 Å². The number of nitrogens with zero attached hydrogens (tertiary/aromatic N) is 1. The summed E-state index contributed by atoms with van der Waals surface area (Å²) in [6, 6.07) is 15.8. The Morgan fingerprint density at radius 3 is 1.57 bits per heavy atom. The molecule has 0 radical (unpaired) electrons. The second kappa shape index (κ2) is 4.55. The normalized spacial score (nSPS) is 12.0. The summed E-state index contributed by atoms with van der Waals surface area (Å²) in [6.07, 6.45) is 0. The summed E-state index contributed by atoms with van der Waals surface area (Å²) in [5.74, 6) is -0.303. The van der Waals surface area contributed by atoms with Crippen molar-refractivity contribution in [2.45, 2.75) is 26.3 Å². The summed E-state index contributed by atoms with van der Waals surface area (Å²) in [5, 5.41) is 2.11. The molecular formula is C18H17NO2. The Morgan fingerprint density at radius 2 is 1.19 bits per heavy atom. The summed E-state index contributed by atoms with van der Waals surface area (Å²) in [6.45, 7) is 4.66. The first-order chi connectivity index (χ1) is 9.98. The maximum Gasteiger partial charge on any atom is 0.162 e. The van der Waals surface area contributed by atoms with Crippen LogP contribution >= 0.6 is 0 Å².